The molecule has 2 rings (SSSR count). The van der Waals surface area contributed by atoms with Crippen molar-refractivity contribution in [2.24, 2.45) is 5.92 Å². The van der Waals surface area contributed by atoms with Crippen molar-refractivity contribution in [1.82, 2.24) is 10.2 Å². The van der Waals surface area contributed by atoms with E-state index in [0.29, 0.717) is 56.8 Å². The Morgan fingerprint density at radius 3 is 2.12 bits per heavy atom. The van der Waals surface area contributed by atoms with Crippen molar-refractivity contribution in [2.75, 3.05) is 39.5 Å². The van der Waals surface area contributed by atoms with Gasteiger partial charge in [0.15, 0.2) is 5.60 Å². The number of ketones is 1. The number of rotatable bonds is 27. The van der Waals surface area contributed by atoms with E-state index in [0.717, 1.165) is 70.7 Å². The fourth-order valence-electron chi connectivity index (χ4n) is 5.77. The van der Waals surface area contributed by atoms with Gasteiger partial charge in [0.05, 0.1) is 25.6 Å². The molecule has 0 aliphatic carbocycles. The fraction of sp³-hybridized carbons (Fsp3) is 0.649. The van der Waals surface area contributed by atoms with Crippen LogP contribution in [0.3, 0.4) is 0 Å². The number of ether oxygens (including phenoxy) is 2. The molecule has 1 fully saturated rings. The van der Waals surface area contributed by atoms with Gasteiger partial charge in [0.1, 0.15) is 24.2 Å². The van der Waals surface area contributed by atoms with E-state index in [1.165, 1.54) is 12.5 Å². The quantitative estimate of drug-likeness (QED) is 0.0646. The van der Waals surface area contributed by atoms with Crippen LogP contribution in [0.25, 0.3) is 0 Å². The second-order valence-electron chi connectivity index (χ2n) is 12.9. The average Bonchev–Trinajstić information content (AvgIpc) is 3.07. The normalized spacial score (nSPS) is 16.0. The summed E-state index contributed by atoms with van der Waals surface area (Å²) in [6, 6.07) is 5.20. The molecule has 1 aromatic carbocycles. The summed E-state index contributed by atoms with van der Waals surface area (Å²) in [5, 5.41) is 42.2. The molecule has 1 aliphatic rings. The van der Waals surface area contributed by atoms with Crippen molar-refractivity contribution in [3.63, 3.8) is 0 Å². The van der Waals surface area contributed by atoms with Gasteiger partial charge in [-0.1, -0.05) is 69.7 Å². The lowest BCUT2D eigenvalue weighted by Gasteiger charge is -2.29. The predicted molar refractivity (Wildman–Crippen MR) is 186 cm³/mol. The Morgan fingerprint density at radius 1 is 0.920 bits per heavy atom. The minimum atomic E-state index is -3.02. The molecular formula is C37H56N2O11. The average molecular weight is 705 g/mol. The lowest BCUT2D eigenvalue weighted by atomic mass is 9.82. The number of hydrogen-bond donors (Lipinski definition) is 5. The molecule has 0 aromatic heterocycles. The van der Waals surface area contributed by atoms with Gasteiger partial charge in [-0.3, -0.25) is 19.3 Å². The zero-order valence-electron chi connectivity index (χ0n) is 29.4. The molecule has 3 atom stereocenters. The maximum atomic E-state index is 13.4. The molecule has 1 aromatic rings. The number of benzene rings is 1. The number of nitrogens with one attached hydrogen (secondary N) is 1. The number of unbranched alkanes of at least 4 members (excludes halogenated alkanes) is 8. The standard InChI is InChI=1S/C37H56N2O11/c1-2-3-4-7-10-13-29(40)14-11-8-5-6-9-12-15-31(37(48,36(46)47)27-33(41)42)34(43)38-32(35(44)45)26-28-16-18-30(19-17-28)50-25-22-39-20-23-49-24-21-39/h12,15-19,31-32,48H,2-11,13-14,20-27H2,1H3,(H,38,43)(H,41,42)(H,44,45)(H,46,47)/b15-12+/t31-,32+,37+/m1/s1. The van der Waals surface area contributed by atoms with Crippen LogP contribution in [-0.2, 0) is 35.1 Å². The number of carboxylic acids is 3. The molecule has 0 spiro atoms. The molecule has 0 radical (unpaired) electrons. The summed E-state index contributed by atoms with van der Waals surface area (Å²) in [7, 11) is 0. The van der Waals surface area contributed by atoms with Gasteiger partial charge in [0, 0.05) is 38.9 Å². The first-order chi connectivity index (χ1) is 24.0. The SMILES string of the molecule is CCCCCCCC(=O)CCCCCC/C=C/[C@H](C(=O)N[C@@H](Cc1ccc(OCCN2CCOCC2)cc1)C(=O)O)[C@@](O)(CC(=O)O)C(=O)O. The lowest BCUT2D eigenvalue weighted by Crippen LogP contribution is -2.55. The van der Waals surface area contributed by atoms with Crippen molar-refractivity contribution in [2.45, 2.75) is 108 Å². The number of aliphatic hydroxyl groups is 1. The molecule has 1 aliphatic heterocycles. The molecule has 5 N–H and O–H groups in total. The van der Waals surface area contributed by atoms with E-state index in [9.17, 15) is 44.4 Å². The van der Waals surface area contributed by atoms with Crippen molar-refractivity contribution in [3.05, 3.63) is 42.0 Å². The van der Waals surface area contributed by atoms with Crippen LogP contribution in [0.1, 0.15) is 96.0 Å². The van der Waals surface area contributed by atoms with E-state index >= 15 is 0 Å². The number of nitrogens with zero attached hydrogens (tertiary/aromatic N) is 1. The van der Waals surface area contributed by atoms with Gasteiger partial charge in [0.25, 0.3) is 0 Å². The molecule has 13 heteroatoms. The molecular weight excluding hydrogens is 648 g/mol. The lowest BCUT2D eigenvalue weighted by molar-refractivity contribution is -0.172. The number of carbonyl (C=O) groups is 5. The summed E-state index contributed by atoms with van der Waals surface area (Å²) in [5.41, 5.74) is -2.47. The summed E-state index contributed by atoms with van der Waals surface area (Å²) in [6.07, 6.45) is 11.3. The van der Waals surface area contributed by atoms with Crippen molar-refractivity contribution in [1.29, 1.82) is 0 Å². The Labute approximate surface area is 295 Å². The maximum absolute atomic E-state index is 13.4. The summed E-state index contributed by atoms with van der Waals surface area (Å²) in [6.45, 7) is 6.40. The molecule has 1 heterocycles. The number of allylic oxidation sites excluding steroid dienone is 1. The van der Waals surface area contributed by atoms with Gasteiger partial charge in [-0.15, -0.1) is 0 Å². The zero-order chi connectivity index (χ0) is 36.8. The molecule has 280 valence electrons. The zero-order valence-corrected chi connectivity index (χ0v) is 29.4. The first-order valence-corrected chi connectivity index (χ1v) is 17.9. The van der Waals surface area contributed by atoms with E-state index in [2.05, 4.69) is 17.1 Å². The third-order valence-corrected chi connectivity index (χ3v) is 8.81. The third kappa shape index (κ3) is 16.3. The van der Waals surface area contributed by atoms with E-state index < -0.39 is 47.8 Å². The predicted octanol–water partition coefficient (Wildman–Crippen LogP) is 4.24. The van der Waals surface area contributed by atoms with Gasteiger partial charge in [-0.25, -0.2) is 9.59 Å². The van der Waals surface area contributed by atoms with Crippen molar-refractivity contribution < 1.29 is 53.9 Å². The van der Waals surface area contributed by atoms with Crippen LogP contribution in [-0.4, -0.2) is 106 Å². The van der Waals surface area contributed by atoms with Crippen LogP contribution in [0.2, 0.25) is 0 Å². The van der Waals surface area contributed by atoms with Gasteiger partial charge >= 0.3 is 17.9 Å². The topological polar surface area (TPSA) is 200 Å². The summed E-state index contributed by atoms with van der Waals surface area (Å²) in [5.74, 6) is -7.10. The molecule has 0 bridgehead atoms. The Bertz CT molecular complexity index is 1230. The Hall–Kier alpha value is -3.81. The number of morpholine rings is 1. The summed E-state index contributed by atoms with van der Waals surface area (Å²) in [4.78, 5) is 63.4. The minimum absolute atomic E-state index is 0.155. The fourth-order valence-corrected chi connectivity index (χ4v) is 5.77. The second-order valence-corrected chi connectivity index (χ2v) is 12.9. The second kappa shape index (κ2) is 23.6. The highest BCUT2D eigenvalue weighted by molar-refractivity contribution is 5.94. The van der Waals surface area contributed by atoms with E-state index in [-0.39, 0.29) is 12.2 Å². The van der Waals surface area contributed by atoms with Gasteiger partial charge in [-0.2, -0.15) is 0 Å². The Morgan fingerprint density at radius 2 is 1.54 bits per heavy atom. The number of carboxylic acid groups (broad SMARTS) is 3. The van der Waals surface area contributed by atoms with Crippen LogP contribution in [0, 0.1) is 5.92 Å². The van der Waals surface area contributed by atoms with Gasteiger partial charge in [0.2, 0.25) is 5.91 Å². The van der Waals surface area contributed by atoms with Crippen LogP contribution >= 0.6 is 0 Å². The van der Waals surface area contributed by atoms with E-state index in [1.54, 1.807) is 24.3 Å². The Kier molecular flexibility index (Phi) is 20.0. The molecule has 50 heavy (non-hydrogen) atoms. The maximum Gasteiger partial charge on any atom is 0.337 e. The van der Waals surface area contributed by atoms with Crippen LogP contribution in [0.4, 0.5) is 0 Å². The van der Waals surface area contributed by atoms with Crippen LogP contribution in [0.15, 0.2) is 36.4 Å². The number of carbonyl (C=O) groups excluding carboxylic acids is 2. The molecule has 0 saturated carbocycles. The number of aliphatic carboxylic acids is 3. The van der Waals surface area contributed by atoms with Crippen LogP contribution in [0.5, 0.6) is 5.75 Å². The highest BCUT2D eigenvalue weighted by atomic mass is 16.5. The molecule has 0 unspecified atom stereocenters. The molecule has 1 amide bonds. The number of amides is 1. The van der Waals surface area contributed by atoms with E-state index in [1.807, 2.05) is 0 Å². The Balaban J connectivity index is 1.95. The minimum Gasteiger partial charge on any atom is -0.492 e. The number of Topliss-reactive ketones (excluding diaryl/α,β-unsaturated/α-hetero) is 1. The molecule has 1 saturated heterocycles. The summed E-state index contributed by atoms with van der Waals surface area (Å²) >= 11 is 0. The van der Waals surface area contributed by atoms with Gasteiger partial charge < -0.3 is 35.2 Å². The monoisotopic (exact) mass is 704 g/mol. The van der Waals surface area contributed by atoms with Crippen molar-refractivity contribution in [3.8, 4) is 5.75 Å². The largest absolute Gasteiger partial charge is 0.492 e. The highest BCUT2D eigenvalue weighted by Crippen LogP contribution is 2.26. The molecule has 13 nitrogen and oxygen atoms in total. The number of hydrogen-bond acceptors (Lipinski definition) is 9. The third-order valence-electron chi connectivity index (χ3n) is 8.81. The highest BCUT2D eigenvalue weighted by Gasteiger charge is 2.49. The first-order valence-electron chi connectivity index (χ1n) is 17.9. The van der Waals surface area contributed by atoms with Gasteiger partial charge in [-0.05, 0) is 43.4 Å². The van der Waals surface area contributed by atoms with E-state index in [4.69, 9.17) is 9.47 Å². The smallest absolute Gasteiger partial charge is 0.337 e. The van der Waals surface area contributed by atoms with Crippen molar-refractivity contribution >= 4 is 29.6 Å². The van der Waals surface area contributed by atoms with Crippen LogP contribution < -0.4 is 10.1 Å². The summed E-state index contributed by atoms with van der Waals surface area (Å²) < 4.78 is 11.1. The first kappa shape index (κ1) is 42.4.